The van der Waals surface area contributed by atoms with E-state index in [0.717, 1.165) is 5.56 Å². The standard InChI is InChI=1S/C14H14ClNO3/c15-13-12(6-7-19-13)14(18)16-11(9-17)8-10-4-2-1-3-5-10/h1-7,11,17H,8-9H2,(H,16,18)/t11-/m1/s1. The number of hydrogen-bond donors (Lipinski definition) is 2. The van der Waals surface area contributed by atoms with E-state index in [9.17, 15) is 9.90 Å². The Morgan fingerprint density at radius 3 is 2.63 bits per heavy atom. The number of amides is 1. The Morgan fingerprint density at radius 1 is 1.32 bits per heavy atom. The van der Waals surface area contributed by atoms with Gasteiger partial charge in [-0.05, 0) is 29.7 Å². The van der Waals surface area contributed by atoms with Gasteiger partial charge in [0.25, 0.3) is 5.91 Å². The lowest BCUT2D eigenvalue weighted by Crippen LogP contribution is -2.39. The van der Waals surface area contributed by atoms with Crippen molar-refractivity contribution in [3.05, 3.63) is 59.0 Å². The van der Waals surface area contributed by atoms with Crippen LogP contribution in [-0.2, 0) is 6.42 Å². The maximum atomic E-state index is 11.9. The molecule has 2 N–H and O–H groups in total. The summed E-state index contributed by atoms with van der Waals surface area (Å²) in [5.74, 6) is -0.353. The number of rotatable bonds is 5. The first-order valence-corrected chi connectivity index (χ1v) is 6.27. The van der Waals surface area contributed by atoms with Crippen LogP contribution in [0.2, 0.25) is 5.22 Å². The van der Waals surface area contributed by atoms with Crippen LogP contribution in [0.3, 0.4) is 0 Å². The Balaban J connectivity index is 2.00. The molecule has 0 fully saturated rings. The first-order valence-electron chi connectivity index (χ1n) is 5.89. The van der Waals surface area contributed by atoms with Crippen LogP contribution >= 0.6 is 11.6 Å². The summed E-state index contributed by atoms with van der Waals surface area (Å²) in [6.07, 6.45) is 1.90. The molecule has 1 atom stereocenters. The van der Waals surface area contributed by atoms with Crippen molar-refractivity contribution in [2.24, 2.45) is 0 Å². The lowest BCUT2D eigenvalue weighted by atomic mass is 10.1. The fourth-order valence-electron chi connectivity index (χ4n) is 1.78. The average Bonchev–Trinajstić information content (AvgIpc) is 2.85. The van der Waals surface area contributed by atoms with Crippen LogP contribution < -0.4 is 5.32 Å². The van der Waals surface area contributed by atoms with Gasteiger partial charge < -0.3 is 14.8 Å². The molecule has 1 aromatic heterocycles. The normalized spacial score (nSPS) is 12.1. The van der Waals surface area contributed by atoms with Crippen molar-refractivity contribution in [3.63, 3.8) is 0 Å². The highest BCUT2D eigenvalue weighted by Gasteiger charge is 2.17. The molecule has 100 valence electrons. The molecular formula is C14H14ClNO3. The molecule has 0 aliphatic heterocycles. The van der Waals surface area contributed by atoms with Gasteiger partial charge in [-0.2, -0.15) is 0 Å². The fraction of sp³-hybridized carbons (Fsp3) is 0.214. The maximum absolute atomic E-state index is 11.9. The van der Waals surface area contributed by atoms with Crippen molar-refractivity contribution < 1.29 is 14.3 Å². The van der Waals surface area contributed by atoms with Crippen LogP contribution in [-0.4, -0.2) is 23.7 Å². The Bertz CT molecular complexity index is 539. The van der Waals surface area contributed by atoms with Crippen LogP contribution in [0.4, 0.5) is 0 Å². The van der Waals surface area contributed by atoms with Crippen LogP contribution in [0.15, 0.2) is 47.1 Å². The number of benzene rings is 1. The molecular weight excluding hydrogens is 266 g/mol. The van der Waals surface area contributed by atoms with Crippen molar-refractivity contribution in [2.45, 2.75) is 12.5 Å². The number of aliphatic hydroxyl groups is 1. The van der Waals surface area contributed by atoms with E-state index in [4.69, 9.17) is 16.0 Å². The van der Waals surface area contributed by atoms with Gasteiger partial charge in [-0.1, -0.05) is 30.3 Å². The summed E-state index contributed by atoms with van der Waals surface area (Å²) in [6, 6.07) is 10.8. The van der Waals surface area contributed by atoms with Gasteiger partial charge in [0.05, 0.1) is 24.5 Å². The van der Waals surface area contributed by atoms with E-state index in [0.29, 0.717) is 6.42 Å². The third kappa shape index (κ3) is 3.59. The molecule has 0 bridgehead atoms. The molecule has 2 rings (SSSR count). The Labute approximate surface area is 116 Å². The highest BCUT2D eigenvalue weighted by Crippen LogP contribution is 2.16. The third-order valence-corrected chi connectivity index (χ3v) is 3.04. The predicted octanol–water partition coefficient (Wildman–Crippen LogP) is 2.27. The molecule has 0 unspecified atom stereocenters. The monoisotopic (exact) mass is 279 g/mol. The van der Waals surface area contributed by atoms with Crippen molar-refractivity contribution >= 4 is 17.5 Å². The minimum Gasteiger partial charge on any atom is -0.452 e. The van der Waals surface area contributed by atoms with Crippen molar-refractivity contribution in [1.82, 2.24) is 5.32 Å². The van der Waals surface area contributed by atoms with E-state index < -0.39 is 0 Å². The summed E-state index contributed by atoms with van der Waals surface area (Å²) < 4.78 is 4.86. The van der Waals surface area contributed by atoms with Crippen LogP contribution in [0.5, 0.6) is 0 Å². The molecule has 0 radical (unpaired) electrons. The molecule has 1 aromatic carbocycles. The van der Waals surface area contributed by atoms with E-state index in [1.165, 1.54) is 12.3 Å². The van der Waals surface area contributed by atoms with E-state index >= 15 is 0 Å². The number of furan rings is 1. The number of halogens is 1. The summed E-state index contributed by atoms with van der Waals surface area (Å²) >= 11 is 5.73. The van der Waals surface area contributed by atoms with Gasteiger partial charge in [0, 0.05) is 0 Å². The van der Waals surface area contributed by atoms with E-state index in [-0.39, 0.29) is 29.3 Å². The Hall–Kier alpha value is -1.78. The van der Waals surface area contributed by atoms with Crippen LogP contribution in [0.1, 0.15) is 15.9 Å². The quantitative estimate of drug-likeness (QED) is 0.882. The highest BCUT2D eigenvalue weighted by molar-refractivity contribution is 6.32. The van der Waals surface area contributed by atoms with E-state index in [1.807, 2.05) is 30.3 Å². The Morgan fingerprint density at radius 2 is 2.05 bits per heavy atom. The van der Waals surface area contributed by atoms with Gasteiger partial charge in [0.2, 0.25) is 5.22 Å². The lowest BCUT2D eigenvalue weighted by molar-refractivity contribution is 0.0916. The molecule has 0 saturated carbocycles. The van der Waals surface area contributed by atoms with Gasteiger partial charge in [-0.15, -0.1) is 0 Å². The summed E-state index contributed by atoms with van der Waals surface area (Å²) in [4.78, 5) is 11.9. The molecule has 0 spiro atoms. The molecule has 5 heteroatoms. The third-order valence-electron chi connectivity index (χ3n) is 2.74. The summed E-state index contributed by atoms with van der Waals surface area (Å²) in [5.41, 5.74) is 1.31. The second-order valence-electron chi connectivity index (χ2n) is 4.15. The Kier molecular flexibility index (Phi) is 4.60. The van der Waals surface area contributed by atoms with Gasteiger partial charge >= 0.3 is 0 Å². The second kappa shape index (κ2) is 6.41. The molecule has 19 heavy (non-hydrogen) atoms. The second-order valence-corrected chi connectivity index (χ2v) is 4.49. The predicted molar refractivity (Wildman–Crippen MR) is 72.2 cm³/mol. The highest BCUT2D eigenvalue weighted by atomic mass is 35.5. The molecule has 1 heterocycles. The van der Waals surface area contributed by atoms with Crippen molar-refractivity contribution in [3.8, 4) is 0 Å². The minimum absolute atomic E-state index is 0.0499. The number of aliphatic hydroxyl groups excluding tert-OH is 1. The van der Waals surface area contributed by atoms with Gasteiger partial charge in [-0.3, -0.25) is 4.79 Å². The van der Waals surface area contributed by atoms with Crippen LogP contribution in [0, 0.1) is 0 Å². The summed E-state index contributed by atoms with van der Waals surface area (Å²) in [7, 11) is 0. The van der Waals surface area contributed by atoms with Crippen molar-refractivity contribution in [2.75, 3.05) is 6.61 Å². The smallest absolute Gasteiger partial charge is 0.256 e. The van der Waals surface area contributed by atoms with Gasteiger partial charge in [0.1, 0.15) is 0 Å². The SMILES string of the molecule is O=C(N[C@@H](CO)Cc1ccccc1)c1ccoc1Cl. The number of nitrogens with one attached hydrogen (secondary N) is 1. The molecule has 0 saturated heterocycles. The molecule has 0 aliphatic carbocycles. The lowest BCUT2D eigenvalue weighted by Gasteiger charge is -2.16. The molecule has 1 amide bonds. The molecule has 0 aliphatic rings. The molecule has 2 aromatic rings. The fourth-order valence-corrected chi connectivity index (χ4v) is 1.98. The van der Waals surface area contributed by atoms with Crippen LogP contribution in [0.25, 0.3) is 0 Å². The van der Waals surface area contributed by atoms with Crippen molar-refractivity contribution in [1.29, 1.82) is 0 Å². The van der Waals surface area contributed by atoms with E-state index in [2.05, 4.69) is 5.32 Å². The zero-order valence-corrected chi connectivity index (χ0v) is 10.9. The first kappa shape index (κ1) is 13.6. The number of hydrogen-bond acceptors (Lipinski definition) is 3. The molecule has 4 nitrogen and oxygen atoms in total. The summed E-state index contributed by atoms with van der Waals surface area (Å²) in [5, 5.41) is 12.1. The minimum atomic E-state index is -0.360. The average molecular weight is 280 g/mol. The maximum Gasteiger partial charge on any atom is 0.256 e. The zero-order chi connectivity index (χ0) is 13.7. The topological polar surface area (TPSA) is 62.5 Å². The van der Waals surface area contributed by atoms with E-state index in [1.54, 1.807) is 0 Å². The first-order chi connectivity index (χ1) is 9.20. The number of carbonyl (C=O) groups is 1. The number of carbonyl (C=O) groups excluding carboxylic acids is 1. The summed E-state index contributed by atoms with van der Waals surface area (Å²) in [6.45, 7) is -0.143. The largest absolute Gasteiger partial charge is 0.452 e. The zero-order valence-electron chi connectivity index (χ0n) is 10.2. The van der Waals surface area contributed by atoms with Gasteiger partial charge in [-0.25, -0.2) is 0 Å². The van der Waals surface area contributed by atoms with Gasteiger partial charge in [0.15, 0.2) is 0 Å².